The largest absolute Gasteiger partial charge is 0.348 e. The van der Waals surface area contributed by atoms with Gasteiger partial charge in [-0.1, -0.05) is 48.2 Å². The summed E-state index contributed by atoms with van der Waals surface area (Å²) in [5, 5.41) is 14.3. The molecule has 4 aromatic rings. The molecule has 0 aliphatic rings. The van der Waals surface area contributed by atoms with Crippen LogP contribution in [0.25, 0.3) is 5.69 Å². The number of benzene rings is 2. The topological polar surface area (TPSA) is 59.8 Å². The summed E-state index contributed by atoms with van der Waals surface area (Å²) < 4.78 is 15.4. The Hall–Kier alpha value is -2.97. The van der Waals surface area contributed by atoms with Crippen molar-refractivity contribution in [3.05, 3.63) is 94.2 Å². The van der Waals surface area contributed by atoms with E-state index in [-0.39, 0.29) is 23.5 Å². The Morgan fingerprint density at radius 1 is 1.10 bits per heavy atom. The lowest BCUT2D eigenvalue weighted by molar-refractivity contribution is -0.119. The number of rotatable bonds is 8. The number of nitrogens with zero attached hydrogens (tertiary/aromatic N) is 3. The van der Waals surface area contributed by atoms with Crippen molar-refractivity contribution >= 4 is 29.0 Å². The van der Waals surface area contributed by atoms with Crippen LogP contribution in [0.3, 0.4) is 0 Å². The molecule has 1 unspecified atom stereocenters. The average molecular weight is 453 g/mol. The summed E-state index contributed by atoms with van der Waals surface area (Å²) in [7, 11) is 0. The molecular formula is C23H21FN4OS2. The first-order valence-corrected chi connectivity index (χ1v) is 11.7. The van der Waals surface area contributed by atoms with Crippen LogP contribution in [0.4, 0.5) is 4.39 Å². The van der Waals surface area contributed by atoms with Crippen LogP contribution < -0.4 is 5.32 Å². The third kappa shape index (κ3) is 5.39. The van der Waals surface area contributed by atoms with Crippen molar-refractivity contribution < 1.29 is 9.18 Å². The van der Waals surface area contributed by atoms with Gasteiger partial charge in [0.05, 0.1) is 11.8 Å². The molecule has 2 aromatic carbocycles. The van der Waals surface area contributed by atoms with Gasteiger partial charge >= 0.3 is 0 Å². The minimum atomic E-state index is -0.308. The Kier molecular flexibility index (Phi) is 6.79. The lowest BCUT2D eigenvalue weighted by Gasteiger charge is -2.13. The summed E-state index contributed by atoms with van der Waals surface area (Å²) in [6.07, 6.45) is 0.577. The van der Waals surface area contributed by atoms with E-state index < -0.39 is 0 Å². The highest BCUT2D eigenvalue weighted by atomic mass is 32.2. The van der Waals surface area contributed by atoms with Gasteiger partial charge in [-0.25, -0.2) is 4.39 Å². The maximum atomic E-state index is 13.5. The monoisotopic (exact) mass is 452 g/mol. The molecule has 0 aliphatic heterocycles. The number of nitrogens with one attached hydrogen (secondary N) is 1. The zero-order valence-corrected chi connectivity index (χ0v) is 18.5. The summed E-state index contributed by atoms with van der Waals surface area (Å²) in [5.41, 5.74) is 1.85. The summed E-state index contributed by atoms with van der Waals surface area (Å²) >= 11 is 2.93. The van der Waals surface area contributed by atoms with Crippen LogP contribution >= 0.6 is 23.1 Å². The van der Waals surface area contributed by atoms with E-state index >= 15 is 0 Å². The predicted molar refractivity (Wildman–Crippen MR) is 122 cm³/mol. The van der Waals surface area contributed by atoms with Crippen molar-refractivity contribution in [2.45, 2.75) is 24.5 Å². The van der Waals surface area contributed by atoms with E-state index in [1.165, 1.54) is 23.9 Å². The maximum Gasteiger partial charge on any atom is 0.230 e. The first-order valence-electron chi connectivity index (χ1n) is 9.80. The first-order chi connectivity index (χ1) is 15.1. The number of thiophene rings is 1. The summed E-state index contributed by atoms with van der Waals surface area (Å²) in [5.74, 6) is 0.551. The fourth-order valence-electron chi connectivity index (χ4n) is 3.16. The number of hydrogen-bond donors (Lipinski definition) is 1. The number of amides is 1. The number of aromatic nitrogens is 3. The SMILES string of the molecule is CC(NC(=O)CSc1nnc(Cc2ccccc2)n1-c1ccc(F)cc1)c1cccs1. The fourth-order valence-corrected chi connectivity index (χ4v) is 4.67. The summed E-state index contributed by atoms with van der Waals surface area (Å²) in [4.78, 5) is 13.6. The molecule has 0 fully saturated rings. The van der Waals surface area contributed by atoms with E-state index in [0.717, 1.165) is 22.0 Å². The van der Waals surface area contributed by atoms with Crippen molar-refractivity contribution in [1.82, 2.24) is 20.1 Å². The molecule has 2 heterocycles. The molecule has 1 amide bonds. The molecule has 1 atom stereocenters. The maximum absolute atomic E-state index is 13.5. The van der Waals surface area contributed by atoms with Crippen molar-refractivity contribution in [2.24, 2.45) is 0 Å². The van der Waals surface area contributed by atoms with Gasteiger partial charge in [0.2, 0.25) is 5.91 Å². The molecule has 4 rings (SSSR count). The molecule has 0 saturated heterocycles. The number of hydrogen-bond acceptors (Lipinski definition) is 5. The molecule has 0 bridgehead atoms. The minimum Gasteiger partial charge on any atom is -0.348 e. The normalized spacial score (nSPS) is 11.9. The van der Waals surface area contributed by atoms with Crippen molar-refractivity contribution in [1.29, 1.82) is 0 Å². The standard InChI is InChI=1S/C23H21FN4OS2/c1-16(20-8-5-13-30-20)25-22(29)15-31-23-27-26-21(14-17-6-3-2-4-7-17)28(23)19-11-9-18(24)10-12-19/h2-13,16H,14-15H2,1H3,(H,25,29). The lowest BCUT2D eigenvalue weighted by atomic mass is 10.1. The summed E-state index contributed by atoms with van der Waals surface area (Å²) in [6, 6.07) is 20.1. The van der Waals surface area contributed by atoms with Crippen LogP contribution in [-0.2, 0) is 11.2 Å². The Bertz CT molecular complexity index is 1130. The highest BCUT2D eigenvalue weighted by Gasteiger charge is 2.17. The first kappa shape index (κ1) is 21.3. The Morgan fingerprint density at radius 2 is 1.87 bits per heavy atom. The molecule has 0 radical (unpaired) electrons. The van der Waals surface area contributed by atoms with E-state index in [1.54, 1.807) is 23.5 Å². The second-order valence-corrected chi connectivity index (χ2v) is 8.89. The minimum absolute atomic E-state index is 0.0447. The van der Waals surface area contributed by atoms with Gasteiger partial charge in [0, 0.05) is 17.0 Å². The van der Waals surface area contributed by atoms with E-state index in [4.69, 9.17) is 0 Å². The number of thioether (sulfide) groups is 1. The molecule has 5 nitrogen and oxygen atoms in total. The third-order valence-corrected chi connectivity index (χ3v) is 6.65. The van der Waals surface area contributed by atoms with Crippen molar-refractivity contribution in [3.8, 4) is 5.69 Å². The van der Waals surface area contributed by atoms with Gasteiger partial charge in [0.15, 0.2) is 5.16 Å². The van der Waals surface area contributed by atoms with Gasteiger partial charge in [-0.2, -0.15) is 0 Å². The molecule has 0 saturated carbocycles. The number of carbonyl (C=O) groups excluding carboxylic acids is 1. The Morgan fingerprint density at radius 3 is 2.58 bits per heavy atom. The van der Waals surface area contributed by atoms with Crippen LogP contribution in [0.1, 0.15) is 29.2 Å². The third-order valence-electron chi connectivity index (χ3n) is 4.67. The van der Waals surface area contributed by atoms with Crippen LogP contribution in [-0.4, -0.2) is 26.4 Å². The molecule has 31 heavy (non-hydrogen) atoms. The Balaban J connectivity index is 1.52. The van der Waals surface area contributed by atoms with E-state index in [1.807, 2.05) is 59.3 Å². The highest BCUT2D eigenvalue weighted by Crippen LogP contribution is 2.24. The van der Waals surface area contributed by atoms with Gasteiger partial charge in [0.1, 0.15) is 11.6 Å². The van der Waals surface area contributed by atoms with Gasteiger partial charge in [-0.15, -0.1) is 21.5 Å². The van der Waals surface area contributed by atoms with Crippen LogP contribution in [0.2, 0.25) is 0 Å². The van der Waals surface area contributed by atoms with Crippen LogP contribution in [0.15, 0.2) is 77.3 Å². The smallest absolute Gasteiger partial charge is 0.230 e. The van der Waals surface area contributed by atoms with Crippen molar-refractivity contribution in [2.75, 3.05) is 5.75 Å². The van der Waals surface area contributed by atoms with Crippen molar-refractivity contribution in [3.63, 3.8) is 0 Å². The van der Waals surface area contributed by atoms with E-state index in [2.05, 4.69) is 15.5 Å². The number of carbonyl (C=O) groups is 1. The van der Waals surface area contributed by atoms with E-state index in [9.17, 15) is 9.18 Å². The molecule has 0 spiro atoms. The molecular weight excluding hydrogens is 431 g/mol. The van der Waals surface area contributed by atoms with Gasteiger partial charge < -0.3 is 5.32 Å². The molecule has 0 aliphatic carbocycles. The number of halogens is 1. The van der Waals surface area contributed by atoms with Crippen LogP contribution in [0, 0.1) is 5.82 Å². The zero-order chi connectivity index (χ0) is 21.6. The van der Waals surface area contributed by atoms with Gasteiger partial charge in [-0.05, 0) is 48.2 Å². The molecule has 2 aromatic heterocycles. The zero-order valence-electron chi connectivity index (χ0n) is 16.9. The predicted octanol–water partition coefficient (Wildman–Crippen LogP) is 5.03. The lowest BCUT2D eigenvalue weighted by Crippen LogP contribution is -2.27. The quantitative estimate of drug-likeness (QED) is 0.381. The van der Waals surface area contributed by atoms with Crippen LogP contribution in [0.5, 0.6) is 0 Å². The fraction of sp³-hybridized carbons (Fsp3) is 0.174. The van der Waals surface area contributed by atoms with E-state index in [0.29, 0.717) is 11.6 Å². The average Bonchev–Trinajstić information content (AvgIpc) is 3.44. The molecule has 1 N–H and O–H groups in total. The molecule has 158 valence electrons. The van der Waals surface area contributed by atoms with Gasteiger partial charge in [0.25, 0.3) is 0 Å². The second kappa shape index (κ2) is 9.89. The highest BCUT2D eigenvalue weighted by molar-refractivity contribution is 7.99. The summed E-state index contributed by atoms with van der Waals surface area (Å²) in [6.45, 7) is 1.97. The molecule has 8 heteroatoms. The Labute approximate surface area is 188 Å². The second-order valence-electron chi connectivity index (χ2n) is 6.97. The van der Waals surface area contributed by atoms with Gasteiger partial charge in [-0.3, -0.25) is 9.36 Å².